The fourth-order valence-electron chi connectivity index (χ4n) is 3.19. The van der Waals surface area contributed by atoms with Crippen molar-refractivity contribution >= 4 is 22.8 Å². The molecule has 4 heteroatoms. The van der Waals surface area contributed by atoms with E-state index < -0.39 is 5.97 Å². The predicted octanol–water partition coefficient (Wildman–Crippen LogP) is 5.11. The number of carbonyl (C=O) groups excluding carboxylic acids is 2. The summed E-state index contributed by atoms with van der Waals surface area (Å²) in [6.07, 6.45) is 2.42. The average Bonchev–Trinajstić information content (AvgIpc) is 3.12. The third-order valence-electron chi connectivity index (χ3n) is 4.69. The number of hydrogen-bond acceptors (Lipinski definition) is 3. The van der Waals surface area contributed by atoms with Gasteiger partial charge in [0.2, 0.25) is 0 Å². The van der Waals surface area contributed by atoms with Crippen LogP contribution in [-0.4, -0.2) is 16.4 Å². The zero-order valence-corrected chi connectivity index (χ0v) is 15.5. The topological polar surface area (TPSA) is 48.3 Å². The van der Waals surface area contributed by atoms with Crippen molar-refractivity contribution in [2.45, 2.75) is 13.3 Å². The molecule has 0 atom stereocenters. The average molecular weight is 369 g/mol. The van der Waals surface area contributed by atoms with E-state index in [1.807, 2.05) is 67.6 Å². The van der Waals surface area contributed by atoms with E-state index in [-0.39, 0.29) is 5.91 Å². The summed E-state index contributed by atoms with van der Waals surface area (Å²) < 4.78 is 7.19. The van der Waals surface area contributed by atoms with Gasteiger partial charge in [0.05, 0.1) is 17.3 Å². The SMILES string of the molecule is CCc1cccc(C(=O)Oc2cn(C(=O)c3ccccc3)c3ccccc23)c1. The second-order valence-corrected chi connectivity index (χ2v) is 6.50. The van der Waals surface area contributed by atoms with Gasteiger partial charge in [-0.1, -0.05) is 49.4 Å². The van der Waals surface area contributed by atoms with Gasteiger partial charge >= 0.3 is 5.97 Å². The molecule has 28 heavy (non-hydrogen) atoms. The third-order valence-corrected chi connectivity index (χ3v) is 4.69. The van der Waals surface area contributed by atoms with Crippen molar-refractivity contribution in [3.8, 4) is 5.75 Å². The molecule has 0 aliphatic carbocycles. The first-order chi connectivity index (χ1) is 13.7. The van der Waals surface area contributed by atoms with Crippen LogP contribution in [0.1, 0.15) is 33.2 Å². The van der Waals surface area contributed by atoms with Gasteiger partial charge in [-0.2, -0.15) is 0 Å². The van der Waals surface area contributed by atoms with Crippen molar-refractivity contribution in [3.05, 3.63) is 102 Å². The Balaban J connectivity index is 1.72. The second-order valence-electron chi connectivity index (χ2n) is 6.50. The highest BCUT2D eigenvalue weighted by Gasteiger charge is 2.18. The van der Waals surface area contributed by atoms with Crippen molar-refractivity contribution in [1.29, 1.82) is 0 Å². The molecule has 0 N–H and O–H groups in total. The van der Waals surface area contributed by atoms with Crippen LogP contribution in [0.2, 0.25) is 0 Å². The minimum absolute atomic E-state index is 0.174. The molecule has 4 nitrogen and oxygen atoms in total. The van der Waals surface area contributed by atoms with Gasteiger partial charge in [-0.15, -0.1) is 0 Å². The van der Waals surface area contributed by atoms with Crippen LogP contribution in [0.15, 0.2) is 85.1 Å². The van der Waals surface area contributed by atoms with Gasteiger partial charge < -0.3 is 4.74 Å². The van der Waals surface area contributed by atoms with Gasteiger partial charge in [0, 0.05) is 10.9 Å². The Labute approximate surface area is 163 Å². The first-order valence-electron chi connectivity index (χ1n) is 9.18. The molecule has 1 aromatic heterocycles. The fourth-order valence-corrected chi connectivity index (χ4v) is 3.19. The van der Waals surface area contributed by atoms with Gasteiger partial charge in [0.1, 0.15) is 0 Å². The van der Waals surface area contributed by atoms with E-state index in [9.17, 15) is 9.59 Å². The minimum atomic E-state index is -0.439. The van der Waals surface area contributed by atoms with Crippen molar-refractivity contribution in [2.24, 2.45) is 0 Å². The smallest absolute Gasteiger partial charge is 0.343 e. The fraction of sp³-hybridized carbons (Fsp3) is 0.0833. The van der Waals surface area contributed by atoms with Gasteiger partial charge in [0.25, 0.3) is 5.91 Å². The highest BCUT2D eigenvalue weighted by Crippen LogP contribution is 2.29. The molecular weight excluding hydrogens is 350 g/mol. The zero-order valence-electron chi connectivity index (χ0n) is 15.5. The lowest BCUT2D eigenvalue weighted by molar-refractivity contribution is 0.0735. The van der Waals surface area contributed by atoms with Crippen LogP contribution in [0.4, 0.5) is 0 Å². The number of ether oxygens (including phenoxy) is 1. The van der Waals surface area contributed by atoms with Crippen molar-refractivity contribution in [3.63, 3.8) is 0 Å². The van der Waals surface area contributed by atoms with E-state index in [4.69, 9.17) is 4.74 Å². The molecular formula is C24H19NO3. The minimum Gasteiger partial charge on any atom is -0.421 e. The number of aryl methyl sites for hydroxylation is 1. The second kappa shape index (κ2) is 7.53. The largest absolute Gasteiger partial charge is 0.421 e. The quantitative estimate of drug-likeness (QED) is 0.470. The first kappa shape index (κ1) is 17.7. The Hall–Kier alpha value is -3.66. The lowest BCUT2D eigenvalue weighted by Gasteiger charge is -2.04. The van der Waals surface area contributed by atoms with E-state index in [2.05, 4.69) is 0 Å². The van der Waals surface area contributed by atoms with Crippen molar-refractivity contribution in [1.82, 2.24) is 4.57 Å². The van der Waals surface area contributed by atoms with Gasteiger partial charge in [-0.05, 0) is 48.4 Å². The van der Waals surface area contributed by atoms with E-state index in [0.29, 0.717) is 27.8 Å². The Morgan fingerprint density at radius 3 is 2.36 bits per heavy atom. The van der Waals surface area contributed by atoms with Crippen molar-refractivity contribution in [2.75, 3.05) is 0 Å². The lowest BCUT2D eigenvalue weighted by Crippen LogP contribution is -2.11. The van der Waals surface area contributed by atoms with Crippen LogP contribution in [-0.2, 0) is 6.42 Å². The maximum Gasteiger partial charge on any atom is 0.343 e. The molecule has 0 saturated heterocycles. The Kier molecular flexibility index (Phi) is 4.77. The number of esters is 1. The molecule has 0 aliphatic heterocycles. The highest BCUT2D eigenvalue weighted by molar-refractivity contribution is 6.04. The Morgan fingerprint density at radius 2 is 1.57 bits per heavy atom. The molecule has 3 aromatic carbocycles. The highest BCUT2D eigenvalue weighted by atomic mass is 16.5. The molecule has 1 heterocycles. The summed E-state index contributed by atoms with van der Waals surface area (Å²) in [4.78, 5) is 25.6. The van der Waals surface area contributed by atoms with Crippen LogP contribution in [0, 0.1) is 0 Å². The van der Waals surface area contributed by atoms with Crippen LogP contribution in [0.3, 0.4) is 0 Å². The van der Waals surface area contributed by atoms with Crippen LogP contribution in [0.5, 0.6) is 5.75 Å². The lowest BCUT2D eigenvalue weighted by atomic mass is 10.1. The molecule has 4 aromatic rings. The van der Waals surface area contributed by atoms with Crippen molar-refractivity contribution < 1.29 is 14.3 Å². The summed E-state index contributed by atoms with van der Waals surface area (Å²) in [6.45, 7) is 2.03. The first-order valence-corrected chi connectivity index (χ1v) is 9.18. The summed E-state index contributed by atoms with van der Waals surface area (Å²) in [5.74, 6) is -0.246. The van der Waals surface area contributed by atoms with Crippen LogP contribution < -0.4 is 4.74 Å². The number of carbonyl (C=O) groups is 2. The summed E-state index contributed by atoms with van der Waals surface area (Å²) in [5, 5.41) is 0.715. The van der Waals surface area contributed by atoms with Crippen LogP contribution in [0.25, 0.3) is 10.9 Å². The molecule has 0 amide bonds. The predicted molar refractivity (Wildman–Crippen MR) is 109 cm³/mol. The number of hydrogen-bond donors (Lipinski definition) is 0. The zero-order chi connectivity index (χ0) is 19.5. The molecule has 0 bridgehead atoms. The van der Waals surface area contributed by atoms with Crippen LogP contribution >= 0.6 is 0 Å². The van der Waals surface area contributed by atoms with E-state index >= 15 is 0 Å². The molecule has 0 saturated carbocycles. The number of aromatic nitrogens is 1. The standard InChI is InChI=1S/C24H19NO3/c1-2-17-9-8-12-19(15-17)24(27)28-22-16-25(21-14-7-6-13-20(21)22)23(26)18-10-4-3-5-11-18/h3-16H,2H2,1H3. The monoisotopic (exact) mass is 369 g/mol. The molecule has 138 valence electrons. The maximum absolute atomic E-state index is 12.9. The number of rotatable bonds is 4. The van der Waals surface area contributed by atoms with E-state index in [1.165, 1.54) is 4.57 Å². The normalized spacial score (nSPS) is 10.8. The number of para-hydroxylation sites is 1. The molecule has 0 spiro atoms. The van der Waals surface area contributed by atoms with E-state index in [1.54, 1.807) is 24.4 Å². The Bertz CT molecular complexity index is 1160. The van der Waals surface area contributed by atoms with Gasteiger partial charge in [-0.25, -0.2) is 4.79 Å². The molecule has 0 fully saturated rings. The number of benzene rings is 3. The summed E-state index contributed by atoms with van der Waals surface area (Å²) in [5.41, 5.74) is 2.82. The maximum atomic E-state index is 12.9. The summed E-state index contributed by atoms with van der Waals surface area (Å²) in [6, 6.07) is 23.8. The summed E-state index contributed by atoms with van der Waals surface area (Å²) in [7, 11) is 0. The molecule has 0 aliphatic rings. The van der Waals surface area contributed by atoms with E-state index in [0.717, 1.165) is 12.0 Å². The summed E-state index contributed by atoms with van der Waals surface area (Å²) >= 11 is 0. The molecule has 0 radical (unpaired) electrons. The number of fused-ring (bicyclic) bond motifs is 1. The Morgan fingerprint density at radius 1 is 0.857 bits per heavy atom. The molecule has 4 rings (SSSR count). The van der Waals surface area contributed by atoms with Gasteiger partial charge in [0.15, 0.2) is 5.75 Å². The number of nitrogens with zero attached hydrogens (tertiary/aromatic N) is 1. The third kappa shape index (κ3) is 3.32. The van der Waals surface area contributed by atoms with Gasteiger partial charge in [-0.3, -0.25) is 9.36 Å². The molecule has 0 unspecified atom stereocenters.